The third-order valence-electron chi connectivity index (χ3n) is 7.09. The van der Waals surface area contributed by atoms with Crippen LogP contribution in [0.25, 0.3) is 22.5 Å². The van der Waals surface area contributed by atoms with Crippen LogP contribution in [0.5, 0.6) is 0 Å². The molecule has 2 amide bonds. The minimum Gasteiger partial charge on any atom is -0.397 e. The summed E-state index contributed by atoms with van der Waals surface area (Å²) in [6, 6.07) is 10.2. The highest BCUT2D eigenvalue weighted by Gasteiger charge is 2.67. The number of pyridine rings is 1. The molecule has 5 rings (SSSR count). The molecule has 3 aromatic rings. The van der Waals surface area contributed by atoms with Gasteiger partial charge in [0.05, 0.1) is 42.8 Å². The molecule has 1 saturated carbocycles. The zero-order chi connectivity index (χ0) is 26.2. The molecule has 9 nitrogen and oxygen atoms in total. The number of nitrogens with two attached hydrogens (primary N) is 2. The number of nitrogens with zero attached hydrogens (tertiary/aromatic N) is 3. The fraction of sp³-hybridized carbons (Fsp3) is 0.304. The normalized spacial score (nSPS) is 22.6. The van der Waals surface area contributed by atoms with Crippen molar-refractivity contribution in [2.75, 3.05) is 12.8 Å². The molecule has 2 fully saturated rings. The monoisotopic (exact) mass is 473 g/mol. The molecule has 2 aliphatic rings. The Hall–Kier alpha value is -3.46. The largest absolute Gasteiger partial charge is 0.397 e. The minimum atomic E-state index is -2.57. The summed E-state index contributed by atoms with van der Waals surface area (Å²) in [5.41, 5.74) is 12.2. The van der Waals surface area contributed by atoms with E-state index in [1.54, 1.807) is 24.3 Å². The number of aliphatic hydroxyl groups is 1. The number of benzene rings is 1. The second-order valence-electron chi connectivity index (χ2n) is 9.42. The number of hydrogen-bond acceptors (Lipinski definition) is 7. The van der Waals surface area contributed by atoms with E-state index in [1.807, 2.05) is 6.07 Å². The van der Waals surface area contributed by atoms with Crippen molar-refractivity contribution in [1.82, 2.24) is 15.0 Å². The zero-order valence-corrected chi connectivity index (χ0v) is 19.4. The number of likely N-dealkylation sites (tertiary alicyclic amines) is 1. The summed E-state index contributed by atoms with van der Waals surface area (Å²) in [5, 5.41) is 10.9. The number of carbonyl (C=O) groups excluding carboxylic acids is 2. The molecule has 3 heterocycles. The van der Waals surface area contributed by atoms with Crippen LogP contribution in [-0.2, 0) is 10.4 Å². The molecule has 0 spiro atoms. The molecular weight excluding hydrogens is 454 g/mol. The van der Waals surface area contributed by atoms with Gasteiger partial charge in [0.15, 0.2) is 17.1 Å². The number of nitrogen functional groups attached to an aromatic ring is 1. The summed E-state index contributed by atoms with van der Waals surface area (Å²) < 4.78 is 5.31. The van der Waals surface area contributed by atoms with Crippen molar-refractivity contribution in [2.45, 2.75) is 34.9 Å². The molecule has 13 heteroatoms. The first kappa shape index (κ1) is 24.2. The van der Waals surface area contributed by atoms with Crippen LogP contribution in [0.1, 0.15) is 40.6 Å². The van der Waals surface area contributed by atoms with Crippen molar-refractivity contribution >= 4 is 48.9 Å². The average molecular weight is 473 g/mol. The highest BCUT2D eigenvalue weighted by Crippen LogP contribution is 2.55. The predicted octanol–water partition coefficient (Wildman–Crippen LogP) is 0.0657. The lowest BCUT2D eigenvalue weighted by Crippen LogP contribution is -2.54. The number of carbonyl (C=O) groups is 2. The van der Waals surface area contributed by atoms with Crippen molar-refractivity contribution in [1.29, 1.82) is 0 Å². The molecule has 5 N–H and O–H groups in total. The Balaban J connectivity index is 1.55. The van der Waals surface area contributed by atoms with E-state index >= 15 is 0 Å². The minimum absolute atomic E-state index is 0.0175. The van der Waals surface area contributed by atoms with Gasteiger partial charge in [0.25, 0.3) is 11.8 Å². The average Bonchev–Trinajstić information content (AvgIpc) is 3.55. The van der Waals surface area contributed by atoms with Crippen molar-refractivity contribution < 1.29 is 19.2 Å². The van der Waals surface area contributed by atoms with Crippen molar-refractivity contribution in [3.63, 3.8) is 0 Å². The number of aromatic nitrogens is 2. The molecule has 0 bridgehead atoms. The van der Waals surface area contributed by atoms with Crippen LogP contribution in [0.3, 0.4) is 0 Å². The molecule has 1 aliphatic carbocycles. The smallest absolute Gasteiger partial charge is 0.269 e. The maximum Gasteiger partial charge on any atom is 0.269 e. The van der Waals surface area contributed by atoms with Gasteiger partial charge < -0.3 is 26.0 Å². The zero-order valence-electron chi connectivity index (χ0n) is 19.4. The molecule has 1 saturated heterocycles. The fourth-order valence-corrected chi connectivity index (χ4v) is 4.53. The van der Waals surface area contributed by atoms with Gasteiger partial charge in [0.1, 0.15) is 5.69 Å². The maximum absolute atomic E-state index is 12.9. The Morgan fingerprint density at radius 2 is 1.78 bits per heavy atom. The van der Waals surface area contributed by atoms with E-state index in [9.17, 15) is 14.7 Å². The Bertz CT molecular complexity index is 1420. The first-order valence-electron chi connectivity index (χ1n) is 11.1. The van der Waals surface area contributed by atoms with Crippen LogP contribution < -0.4 is 11.5 Å². The molecule has 172 valence electrons. The van der Waals surface area contributed by atoms with Gasteiger partial charge in [0, 0.05) is 24.2 Å². The van der Waals surface area contributed by atoms with E-state index in [2.05, 4.69) is 10.1 Å². The van der Waals surface area contributed by atoms with Crippen LogP contribution in [-0.4, -0.2) is 75.7 Å². The number of anilines is 1. The number of amides is 2. The standard InChI is InChI=1S/C23H19B4N5O4/c1-32-20(34)21(35,22(24,25)23(32,26)27)16-9-15(31-36-16)12-4-2-3-11(7-12)14-8-13(10-5-6-10)17(28)18(30-14)19(29)33/h2-4,7-10,35H,5-6,28H2,1H3,(H2,29,33). The number of rotatable bonds is 5. The van der Waals surface area contributed by atoms with Gasteiger partial charge in [-0.05, 0) is 47.0 Å². The quantitative estimate of drug-likeness (QED) is 0.445. The van der Waals surface area contributed by atoms with E-state index in [4.69, 9.17) is 47.4 Å². The van der Waals surface area contributed by atoms with E-state index in [1.165, 1.54) is 13.1 Å². The predicted molar refractivity (Wildman–Crippen MR) is 135 cm³/mol. The van der Waals surface area contributed by atoms with Gasteiger partial charge >= 0.3 is 0 Å². The highest BCUT2D eigenvalue weighted by atomic mass is 16.5. The lowest BCUT2D eigenvalue weighted by molar-refractivity contribution is -0.145. The molecular formula is C23H19B4N5O4. The van der Waals surface area contributed by atoms with Gasteiger partial charge in [-0.25, -0.2) is 4.98 Å². The van der Waals surface area contributed by atoms with Crippen molar-refractivity contribution in [3.05, 3.63) is 53.4 Å². The summed E-state index contributed by atoms with van der Waals surface area (Å²) in [7, 11) is 25.3. The molecule has 2 aromatic heterocycles. The molecule has 1 aliphatic heterocycles. The summed E-state index contributed by atoms with van der Waals surface area (Å²) in [6.45, 7) is 0. The summed E-state index contributed by atoms with van der Waals surface area (Å²) in [5.74, 6) is -1.71. The van der Waals surface area contributed by atoms with E-state index in [-0.39, 0.29) is 23.1 Å². The van der Waals surface area contributed by atoms with Crippen LogP contribution in [0.15, 0.2) is 40.9 Å². The summed E-state index contributed by atoms with van der Waals surface area (Å²) >= 11 is 0. The topological polar surface area (TPSA) is 149 Å². The number of primary amides is 1. The first-order valence-corrected chi connectivity index (χ1v) is 11.1. The van der Waals surface area contributed by atoms with Crippen LogP contribution in [0.2, 0.25) is 5.21 Å². The van der Waals surface area contributed by atoms with Crippen molar-refractivity contribution in [3.8, 4) is 22.5 Å². The van der Waals surface area contributed by atoms with Gasteiger partial charge in [-0.3, -0.25) is 9.59 Å². The SMILES string of the molecule is [B]C1([B])N(C)C(=O)C(O)(c2cc(-c3cccc(-c4cc(C5CC5)c(N)c(C(N)=O)n4)c3)no2)C1([B])[B]. The van der Waals surface area contributed by atoms with Crippen LogP contribution in [0, 0.1) is 0 Å². The highest BCUT2D eigenvalue weighted by molar-refractivity contribution is 6.57. The van der Waals surface area contributed by atoms with Crippen LogP contribution >= 0.6 is 0 Å². The van der Waals surface area contributed by atoms with Gasteiger partial charge in [0.2, 0.25) is 0 Å². The van der Waals surface area contributed by atoms with Crippen molar-refractivity contribution in [2.24, 2.45) is 5.73 Å². The maximum atomic E-state index is 12.9. The fourth-order valence-electron chi connectivity index (χ4n) is 4.53. The Kier molecular flexibility index (Phi) is 5.23. The Morgan fingerprint density at radius 1 is 1.14 bits per heavy atom. The van der Waals surface area contributed by atoms with E-state index in [0.29, 0.717) is 22.5 Å². The van der Waals surface area contributed by atoms with Gasteiger partial charge in [-0.2, -0.15) is 0 Å². The lowest BCUT2D eigenvalue weighted by Gasteiger charge is -2.44. The third kappa shape index (κ3) is 3.25. The van der Waals surface area contributed by atoms with Gasteiger partial charge in [-0.1, -0.05) is 23.4 Å². The second-order valence-corrected chi connectivity index (χ2v) is 9.42. The van der Waals surface area contributed by atoms with E-state index in [0.717, 1.165) is 23.3 Å². The Morgan fingerprint density at radius 3 is 2.33 bits per heavy atom. The first-order chi connectivity index (χ1) is 16.8. The number of hydrogen-bond donors (Lipinski definition) is 3. The molecule has 1 aromatic carbocycles. The molecule has 36 heavy (non-hydrogen) atoms. The van der Waals surface area contributed by atoms with Crippen LogP contribution in [0.4, 0.5) is 5.69 Å². The number of likely N-dealkylation sites (N-methyl/N-ethyl adjacent to an activating group) is 1. The van der Waals surface area contributed by atoms with Gasteiger partial charge in [-0.15, -0.1) is 0 Å². The second kappa shape index (κ2) is 7.77. The Labute approximate surface area is 212 Å². The lowest BCUT2D eigenvalue weighted by atomic mass is 9.31. The van der Waals surface area contributed by atoms with E-state index < -0.39 is 28.0 Å². The molecule has 1 unspecified atom stereocenters. The summed E-state index contributed by atoms with van der Waals surface area (Å²) in [6.07, 6.45) is 1.95. The molecule has 1 atom stereocenters. The third-order valence-corrected chi connectivity index (χ3v) is 7.09. The summed E-state index contributed by atoms with van der Waals surface area (Å²) in [4.78, 5) is 30.1. The molecule has 8 radical (unpaired) electrons.